The first kappa shape index (κ1) is 17.6. The third kappa shape index (κ3) is 4.00. The van der Waals surface area contributed by atoms with Gasteiger partial charge in [0.15, 0.2) is 0 Å². The second kappa shape index (κ2) is 6.98. The van der Waals surface area contributed by atoms with E-state index >= 15 is 0 Å². The van der Waals surface area contributed by atoms with Crippen LogP contribution < -0.4 is 4.72 Å². The summed E-state index contributed by atoms with van der Waals surface area (Å²) in [5.41, 5.74) is -0.0593. The lowest BCUT2D eigenvalue weighted by Crippen LogP contribution is -2.37. The number of sulfonamides is 1. The molecule has 0 aliphatic rings. The van der Waals surface area contributed by atoms with Crippen LogP contribution in [0.15, 0.2) is 21.5 Å². The second-order valence-electron chi connectivity index (χ2n) is 4.83. The van der Waals surface area contributed by atoms with Gasteiger partial charge in [-0.2, -0.15) is 0 Å². The number of halogens is 2. The molecule has 7 heteroatoms. The van der Waals surface area contributed by atoms with Crippen molar-refractivity contribution in [3.05, 3.63) is 28.0 Å². The molecule has 1 rings (SSSR count). The van der Waals surface area contributed by atoms with Crippen LogP contribution in [-0.2, 0) is 16.6 Å². The molecule has 0 amide bonds. The number of benzene rings is 1. The van der Waals surface area contributed by atoms with Gasteiger partial charge in [-0.05, 0) is 25.0 Å². The van der Waals surface area contributed by atoms with Crippen molar-refractivity contribution in [1.29, 1.82) is 0 Å². The molecule has 4 nitrogen and oxygen atoms in total. The van der Waals surface area contributed by atoms with Crippen LogP contribution in [0, 0.1) is 11.7 Å². The predicted octanol–water partition coefficient (Wildman–Crippen LogP) is 2.79. The van der Waals surface area contributed by atoms with Gasteiger partial charge < -0.3 is 5.11 Å². The summed E-state index contributed by atoms with van der Waals surface area (Å²) in [7, 11) is -3.97. The summed E-state index contributed by atoms with van der Waals surface area (Å²) in [6.45, 7) is 5.06. The monoisotopic (exact) mass is 367 g/mol. The Bertz CT molecular complexity index is 577. The van der Waals surface area contributed by atoms with Gasteiger partial charge in [-0.25, -0.2) is 17.5 Å². The molecule has 1 aromatic rings. The third-order valence-corrected chi connectivity index (χ3v) is 5.39. The van der Waals surface area contributed by atoms with Crippen LogP contribution in [0.5, 0.6) is 0 Å². The Balaban J connectivity index is 3.19. The zero-order valence-electron chi connectivity index (χ0n) is 11.7. The van der Waals surface area contributed by atoms with E-state index in [1.54, 1.807) is 6.92 Å². The summed E-state index contributed by atoms with van der Waals surface area (Å²) in [5, 5.41) is 9.07. The van der Waals surface area contributed by atoms with Gasteiger partial charge in [0, 0.05) is 16.1 Å². The molecule has 2 N–H and O–H groups in total. The lowest BCUT2D eigenvalue weighted by molar-refractivity contribution is 0.274. The lowest BCUT2D eigenvalue weighted by atomic mass is 10.0. The highest BCUT2D eigenvalue weighted by Crippen LogP contribution is 2.25. The zero-order chi connectivity index (χ0) is 15.5. The van der Waals surface area contributed by atoms with Crippen LogP contribution >= 0.6 is 15.9 Å². The molecule has 0 heterocycles. The van der Waals surface area contributed by atoms with Crippen molar-refractivity contribution in [1.82, 2.24) is 4.72 Å². The second-order valence-corrected chi connectivity index (χ2v) is 7.43. The first-order valence-electron chi connectivity index (χ1n) is 6.34. The van der Waals surface area contributed by atoms with Gasteiger partial charge in [0.2, 0.25) is 10.0 Å². The first-order chi connectivity index (χ1) is 9.22. The van der Waals surface area contributed by atoms with Gasteiger partial charge in [0.05, 0.1) is 6.61 Å². The fourth-order valence-corrected chi connectivity index (χ4v) is 3.86. The summed E-state index contributed by atoms with van der Waals surface area (Å²) in [6.07, 6.45) is 0.812. The molecule has 0 bridgehead atoms. The Morgan fingerprint density at radius 3 is 2.50 bits per heavy atom. The van der Waals surface area contributed by atoms with Crippen molar-refractivity contribution >= 4 is 26.0 Å². The smallest absolute Gasteiger partial charge is 0.243 e. The number of aliphatic hydroxyl groups is 1. The molecular formula is C13H19BrFNO3S. The largest absolute Gasteiger partial charge is 0.392 e. The minimum Gasteiger partial charge on any atom is -0.392 e. The molecule has 0 saturated carbocycles. The van der Waals surface area contributed by atoms with Crippen molar-refractivity contribution in [3.63, 3.8) is 0 Å². The van der Waals surface area contributed by atoms with Crippen molar-refractivity contribution in [3.8, 4) is 0 Å². The van der Waals surface area contributed by atoms with Gasteiger partial charge in [-0.1, -0.05) is 36.2 Å². The first-order valence-corrected chi connectivity index (χ1v) is 8.61. The van der Waals surface area contributed by atoms with Gasteiger partial charge in [0.25, 0.3) is 0 Å². The lowest BCUT2D eigenvalue weighted by Gasteiger charge is -2.20. The quantitative estimate of drug-likeness (QED) is 0.812. The van der Waals surface area contributed by atoms with E-state index in [0.29, 0.717) is 4.47 Å². The van der Waals surface area contributed by atoms with E-state index in [9.17, 15) is 12.8 Å². The number of rotatable bonds is 6. The fraction of sp³-hybridized carbons (Fsp3) is 0.538. The molecule has 0 fully saturated rings. The Hall–Kier alpha value is -0.500. The number of aliphatic hydroxyl groups excluding tert-OH is 1. The Morgan fingerprint density at radius 2 is 2.00 bits per heavy atom. The average Bonchev–Trinajstić information content (AvgIpc) is 2.39. The summed E-state index contributed by atoms with van der Waals surface area (Å²) in [4.78, 5) is -0.453. The molecule has 1 aromatic carbocycles. The van der Waals surface area contributed by atoms with Crippen LogP contribution in [0.3, 0.4) is 0 Å². The minimum atomic E-state index is -3.97. The van der Waals surface area contributed by atoms with E-state index in [4.69, 9.17) is 5.11 Å². The van der Waals surface area contributed by atoms with Gasteiger partial charge >= 0.3 is 0 Å². The Kier molecular flexibility index (Phi) is 6.12. The molecule has 2 unspecified atom stereocenters. The van der Waals surface area contributed by atoms with E-state index < -0.39 is 27.3 Å². The zero-order valence-corrected chi connectivity index (χ0v) is 14.1. The van der Waals surface area contributed by atoms with E-state index in [-0.39, 0.29) is 17.5 Å². The summed E-state index contributed by atoms with van der Waals surface area (Å²) >= 11 is 3.12. The van der Waals surface area contributed by atoms with Crippen molar-refractivity contribution in [2.45, 2.75) is 44.7 Å². The van der Waals surface area contributed by atoms with Crippen LogP contribution in [0.1, 0.15) is 32.8 Å². The maximum atomic E-state index is 14.1. The van der Waals surface area contributed by atoms with Crippen LogP contribution in [0.4, 0.5) is 4.39 Å². The predicted molar refractivity (Wildman–Crippen MR) is 79.3 cm³/mol. The Labute approximate surface area is 127 Å². The maximum Gasteiger partial charge on any atom is 0.243 e. The molecule has 0 radical (unpaired) electrons. The van der Waals surface area contributed by atoms with Gasteiger partial charge in [-0.15, -0.1) is 0 Å². The molecule has 0 saturated heterocycles. The summed E-state index contributed by atoms with van der Waals surface area (Å²) in [6, 6.07) is 2.24. The third-order valence-electron chi connectivity index (χ3n) is 3.38. The normalized spacial score (nSPS) is 15.1. The highest BCUT2D eigenvalue weighted by atomic mass is 79.9. The summed E-state index contributed by atoms with van der Waals surface area (Å²) < 4.78 is 41.5. The summed E-state index contributed by atoms with van der Waals surface area (Å²) in [5.74, 6) is -0.781. The van der Waals surface area contributed by atoms with Crippen molar-refractivity contribution in [2.75, 3.05) is 0 Å². The highest BCUT2D eigenvalue weighted by Gasteiger charge is 2.25. The van der Waals surface area contributed by atoms with Crippen LogP contribution in [0.25, 0.3) is 0 Å². The Morgan fingerprint density at radius 1 is 1.40 bits per heavy atom. The number of hydrogen-bond acceptors (Lipinski definition) is 3. The van der Waals surface area contributed by atoms with Gasteiger partial charge in [-0.3, -0.25) is 0 Å². The highest BCUT2D eigenvalue weighted by molar-refractivity contribution is 9.10. The van der Waals surface area contributed by atoms with E-state index in [2.05, 4.69) is 20.7 Å². The molecule has 0 aliphatic carbocycles. The molecule has 0 aromatic heterocycles. The van der Waals surface area contributed by atoms with Crippen LogP contribution in [0.2, 0.25) is 0 Å². The molecule has 0 spiro atoms. The molecule has 2 atom stereocenters. The van der Waals surface area contributed by atoms with Crippen molar-refractivity contribution in [2.24, 2.45) is 5.92 Å². The van der Waals surface area contributed by atoms with Gasteiger partial charge in [0.1, 0.15) is 10.7 Å². The maximum absolute atomic E-state index is 14.1. The van der Waals surface area contributed by atoms with Crippen molar-refractivity contribution < 1.29 is 17.9 Å². The number of hydrogen-bond donors (Lipinski definition) is 2. The minimum absolute atomic E-state index is 0.0593. The molecule has 0 aliphatic heterocycles. The standard InChI is InChI=1S/C13H19BrFNO3S/c1-4-8(2)9(3)16-20(18,19)12-6-11(14)5-10(7-17)13(12)15/h5-6,8-9,16-17H,4,7H2,1-3H3. The fourth-order valence-electron chi connectivity index (χ4n) is 1.71. The van der Waals surface area contributed by atoms with E-state index in [1.807, 2.05) is 13.8 Å². The topological polar surface area (TPSA) is 66.4 Å². The molecular weight excluding hydrogens is 349 g/mol. The van der Waals surface area contributed by atoms with E-state index in [1.165, 1.54) is 12.1 Å². The number of nitrogens with one attached hydrogen (secondary N) is 1. The average molecular weight is 368 g/mol. The SMILES string of the molecule is CCC(C)C(C)NS(=O)(=O)c1cc(Br)cc(CO)c1F. The molecule has 114 valence electrons. The van der Waals surface area contributed by atoms with E-state index in [0.717, 1.165) is 6.42 Å². The molecule has 20 heavy (non-hydrogen) atoms. The van der Waals surface area contributed by atoms with Crippen LogP contribution in [-0.4, -0.2) is 19.6 Å².